The number of fused-ring (bicyclic) bond motifs is 3. The van der Waals surface area contributed by atoms with Crippen LogP contribution in [0.5, 0.6) is 0 Å². The van der Waals surface area contributed by atoms with Gasteiger partial charge in [0.25, 0.3) is 0 Å². The minimum atomic E-state index is -1.74. The number of carbonyl (C=O) groups excluding carboxylic acids is 1. The van der Waals surface area contributed by atoms with E-state index >= 15 is 0 Å². The van der Waals surface area contributed by atoms with Crippen molar-refractivity contribution >= 4 is 29.6 Å². The molecule has 15 nitrogen and oxygen atoms in total. The highest BCUT2D eigenvalue weighted by molar-refractivity contribution is 8.02. The van der Waals surface area contributed by atoms with E-state index in [4.69, 9.17) is 23.8 Å². The molecule has 0 bridgehead atoms. The molecule has 52 heavy (non-hydrogen) atoms. The Labute approximate surface area is 311 Å². The molecule has 0 aromatic heterocycles. The molecule has 4 unspecified atom stereocenters. The number of aliphatic hydroxyl groups excluding tert-OH is 7. The van der Waals surface area contributed by atoms with Crippen molar-refractivity contribution < 1.29 is 64.3 Å². The molecule has 2 aromatic carbocycles. The molecule has 0 spiro atoms. The quantitative estimate of drug-likeness (QED) is 0.0731. The number of alkyl carbamates (subject to hydrolysis) is 1. The van der Waals surface area contributed by atoms with Crippen molar-refractivity contribution in [3.05, 3.63) is 59.7 Å². The van der Waals surface area contributed by atoms with Crippen molar-refractivity contribution in [1.29, 1.82) is 0 Å². The van der Waals surface area contributed by atoms with Crippen LogP contribution >= 0.6 is 23.5 Å². The van der Waals surface area contributed by atoms with Crippen LogP contribution in [-0.4, -0.2) is 171 Å². The van der Waals surface area contributed by atoms with Gasteiger partial charge >= 0.3 is 6.09 Å². The highest BCUT2D eigenvalue weighted by Gasteiger charge is 2.51. The number of rotatable bonds is 18. The van der Waals surface area contributed by atoms with Crippen LogP contribution in [0.2, 0.25) is 0 Å². The third kappa shape index (κ3) is 9.77. The third-order valence-corrected chi connectivity index (χ3v) is 11.7. The topological polar surface area (TPSA) is 220 Å². The summed E-state index contributed by atoms with van der Waals surface area (Å²) in [5.74, 6) is 3.30. The second kappa shape index (κ2) is 20.0. The Morgan fingerprint density at radius 3 is 2.06 bits per heavy atom. The molecule has 2 fully saturated rings. The molecule has 290 valence electrons. The Morgan fingerprint density at radius 2 is 1.42 bits per heavy atom. The van der Waals surface area contributed by atoms with Crippen LogP contribution in [0.4, 0.5) is 4.79 Å². The first kappa shape index (κ1) is 41.1. The lowest BCUT2D eigenvalue weighted by Crippen LogP contribution is -2.66. The fourth-order valence-corrected chi connectivity index (χ4v) is 8.58. The van der Waals surface area contributed by atoms with Gasteiger partial charge in [0.1, 0.15) is 55.4 Å². The Bertz CT molecular complexity index is 1360. The molecule has 0 radical (unpaired) electrons. The monoisotopic (exact) mass is 770 g/mol. The molecule has 8 N–H and O–H groups in total. The smallest absolute Gasteiger partial charge is 0.407 e. The lowest BCUT2D eigenvalue weighted by molar-refractivity contribution is -0.366. The van der Waals surface area contributed by atoms with Crippen LogP contribution in [0.25, 0.3) is 11.1 Å². The van der Waals surface area contributed by atoms with Gasteiger partial charge in [-0.2, -0.15) is 28.6 Å². The van der Waals surface area contributed by atoms with Crippen molar-refractivity contribution in [3.63, 3.8) is 0 Å². The van der Waals surface area contributed by atoms with Gasteiger partial charge in [0, 0.05) is 36.3 Å². The summed E-state index contributed by atoms with van der Waals surface area (Å²) in [4.78, 5) is 17.8. The number of aliphatic hydroxyl groups is 7. The summed E-state index contributed by atoms with van der Waals surface area (Å²) in [6.45, 7) is -0.196. The zero-order chi connectivity index (χ0) is 37.2. The predicted molar refractivity (Wildman–Crippen MR) is 192 cm³/mol. The number of hydrogen-bond donors (Lipinski definition) is 8. The Morgan fingerprint density at radius 1 is 0.788 bits per heavy atom. The minimum Gasteiger partial charge on any atom is -0.449 e. The predicted octanol–water partition coefficient (Wildman–Crippen LogP) is -0.131. The van der Waals surface area contributed by atoms with Gasteiger partial charge in [-0.25, -0.2) is 4.79 Å². The van der Waals surface area contributed by atoms with Gasteiger partial charge in [0.05, 0.1) is 20.3 Å². The Kier molecular flexibility index (Phi) is 15.8. The van der Waals surface area contributed by atoms with Crippen LogP contribution in [0, 0.1) is 0 Å². The van der Waals surface area contributed by atoms with E-state index in [1.54, 1.807) is 23.5 Å². The summed E-state index contributed by atoms with van der Waals surface area (Å²) in [5.41, 5.74) is 4.71. The maximum Gasteiger partial charge on any atom is 0.407 e. The van der Waals surface area contributed by atoms with Gasteiger partial charge in [-0.1, -0.05) is 48.5 Å². The molecule has 2 aliphatic heterocycles. The number of nitrogens with one attached hydrogen (secondary N) is 1. The number of benzene rings is 2. The van der Waals surface area contributed by atoms with Crippen molar-refractivity contribution in [3.8, 4) is 11.1 Å². The van der Waals surface area contributed by atoms with E-state index in [-0.39, 0.29) is 12.5 Å². The fourth-order valence-electron chi connectivity index (χ4n) is 6.65. The number of ether oxygens (including phenoxy) is 4. The molecule has 10 atom stereocenters. The first-order valence-electron chi connectivity index (χ1n) is 17.3. The van der Waals surface area contributed by atoms with E-state index in [9.17, 15) is 40.5 Å². The Balaban J connectivity index is 0.948. The molecule has 2 heterocycles. The van der Waals surface area contributed by atoms with Crippen molar-refractivity contribution in [2.24, 2.45) is 0 Å². The highest BCUT2D eigenvalue weighted by atomic mass is 32.2. The second-order valence-electron chi connectivity index (χ2n) is 12.7. The molecule has 1 aliphatic carbocycles. The average molecular weight is 771 g/mol. The number of amides is 1. The molecule has 2 aromatic rings. The standard InChI is InChI=1S/C35H50N2O13S2/c1-46-37(33-30(43)29(42)32(26(18-39)48-33)50-34-31(44)28(41)27(40)25(17-38)49-34)12-6-13-51-15-16-52-14-11-36-35(45)47-19-24-22-9-4-2-7-20(22)21-8-3-5-10-23(21)24/h2-5,7-10,24-34,38-44H,6,11-19H2,1H3,(H,36,45)/t25?,26?,27-,28?,29?,30-,31-,32+,33+,34-/m0/s1. The maximum atomic E-state index is 12.4. The highest BCUT2D eigenvalue weighted by Crippen LogP contribution is 2.44. The van der Waals surface area contributed by atoms with Crippen LogP contribution < -0.4 is 5.32 Å². The van der Waals surface area contributed by atoms with Crippen LogP contribution in [0.15, 0.2) is 48.5 Å². The van der Waals surface area contributed by atoms with Gasteiger partial charge in [-0.3, -0.25) is 4.84 Å². The maximum absolute atomic E-state index is 12.4. The first-order valence-corrected chi connectivity index (χ1v) is 19.6. The summed E-state index contributed by atoms with van der Waals surface area (Å²) >= 11 is 3.46. The van der Waals surface area contributed by atoms with E-state index in [2.05, 4.69) is 29.6 Å². The summed E-state index contributed by atoms with van der Waals surface area (Å²) in [6, 6.07) is 16.4. The Hall–Kier alpha value is -2.07. The van der Waals surface area contributed by atoms with Gasteiger partial charge in [0.2, 0.25) is 0 Å². The summed E-state index contributed by atoms with van der Waals surface area (Å²) < 4.78 is 22.4. The van der Waals surface area contributed by atoms with Gasteiger partial charge in [-0.15, -0.1) is 0 Å². The van der Waals surface area contributed by atoms with Gasteiger partial charge in [-0.05, 0) is 34.4 Å². The zero-order valence-corrected chi connectivity index (χ0v) is 30.5. The molecule has 5 rings (SSSR count). The molecular formula is C35H50N2O13S2. The minimum absolute atomic E-state index is 0.0184. The van der Waals surface area contributed by atoms with Crippen molar-refractivity contribution in [1.82, 2.24) is 10.4 Å². The number of hydroxylamine groups is 2. The van der Waals surface area contributed by atoms with E-state index in [0.717, 1.165) is 23.0 Å². The fraction of sp³-hybridized carbons (Fsp3) is 0.629. The third-order valence-electron chi connectivity index (χ3n) is 9.40. The first-order chi connectivity index (χ1) is 25.2. The molecule has 2 saturated heterocycles. The number of nitrogens with zero attached hydrogens (tertiary/aromatic N) is 1. The van der Waals surface area contributed by atoms with Gasteiger partial charge in [0.15, 0.2) is 12.5 Å². The normalized spacial score (nSPS) is 30.2. The van der Waals surface area contributed by atoms with E-state index in [1.807, 2.05) is 24.3 Å². The molecule has 0 saturated carbocycles. The van der Waals surface area contributed by atoms with Crippen LogP contribution in [0.3, 0.4) is 0 Å². The number of thioether (sulfide) groups is 2. The van der Waals surface area contributed by atoms with E-state index in [0.29, 0.717) is 19.5 Å². The molecule has 3 aliphatic rings. The summed E-state index contributed by atoms with van der Waals surface area (Å²) in [6.07, 6.45) is -14.6. The zero-order valence-electron chi connectivity index (χ0n) is 28.9. The second-order valence-corrected chi connectivity index (χ2v) is 15.1. The molecule has 1 amide bonds. The molecule has 17 heteroatoms. The lowest BCUT2D eigenvalue weighted by atomic mass is 9.96. The lowest BCUT2D eigenvalue weighted by Gasteiger charge is -2.47. The van der Waals surface area contributed by atoms with Crippen molar-refractivity contribution in [2.75, 3.05) is 63.0 Å². The van der Waals surface area contributed by atoms with E-state index < -0.39 is 80.7 Å². The van der Waals surface area contributed by atoms with Crippen molar-refractivity contribution in [2.45, 2.75) is 73.7 Å². The largest absolute Gasteiger partial charge is 0.449 e. The van der Waals surface area contributed by atoms with Crippen LogP contribution in [-0.2, 0) is 23.8 Å². The average Bonchev–Trinajstić information content (AvgIpc) is 3.48. The SMILES string of the molecule is CON(CCCSCCSCCNC(=O)OCC1c2ccccc2-c2ccccc21)[C@@H]1OC(CO)[C@@H](O[C@@H]2OC(CO)[C@H](O)C(O)[C@@H]2O)C(O)[C@@H]1O. The summed E-state index contributed by atoms with van der Waals surface area (Å²) in [7, 11) is 1.40. The van der Waals surface area contributed by atoms with Crippen LogP contribution in [0.1, 0.15) is 23.5 Å². The summed E-state index contributed by atoms with van der Waals surface area (Å²) in [5, 5.41) is 75.9. The van der Waals surface area contributed by atoms with Gasteiger partial charge < -0.3 is 60.0 Å². The number of hydrogen-bond acceptors (Lipinski definition) is 16. The molecular weight excluding hydrogens is 721 g/mol. The van der Waals surface area contributed by atoms with E-state index in [1.165, 1.54) is 34.4 Å². The number of carbonyl (C=O) groups is 1.